The third-order valence-corrected chi connectivity index (χ3v) is 5.76. The van der Waals surface area contributed by atoms with Gasteiger partial charge in [0.15, 0.2) is 0 Å². The minimum absolute atomic E-state index is 0.0370. The molecule has 0 unspecified atom stereocenters. The standard InChI is InChI=1S/C26H23N3O4/c1-32-19-13-9-17(10-14-19)23-22-24(28-27-23)26(31)29(18-11-7-16(15-30)8-12-18)25(22)20-5-3-4-6-21(20)33-2/h3-14,28,30-31H,15H2,1-2H3. The number of hydrogen-bond acceptors (Lipinski definition) is 5. The molecule has 0 aliphatic rings. The number of aromatic hydroxyl groups is 1. The van der Waals surface area contributed by atoms with Crippen LogP contribution in [0, 0.1) is 0 Å². The van der Waals surface area contributed by atoms with Gasteiger partial charge in [-0.15, -0.1) is 0 Å². The molecular weight excluding hydrogens is 418 g/mol. The van der Waals surface area contributed by atoms with Crippen molar-refractivity contribution in [2.24, 2.45) is 0 Å². The van der Waals surface area contributed by atoms with E-state index in [2.05, 4.69) is 10.2 Å². The van der Waals surface area contributed by atoms with Crippen molar-refractivity contribution in [3.8, 4) is 45.6 Å². The normalized spacial score (nSPS) is 11.1. The topological polar surface area (TPSA) is 92.5 Å². The third-order valence-electron chi connectivity index (χ3n) is 5.76. The number of nitrogens with one attached hydrogen (secondary N) is 1. The van der Waals surface area contributed by atoms with Gasteiger partial charge in [0.2, 0.25) is 5.88 Å². The summed E-state index contributed by atoms with van der Waals surface area (Å²) in [5.41, 5.74) is 5.20. The summed E-state index contributed by atoms with van der Waals surface area (Å²) in [4.78, 5) is 0. The molecule has 5 aromatic rings. The Bertz CT molecular complexity index is 1420. The monoisotopic (exact) mass is 441 g/mol. The molecule has 0 saturated heterocycles. The largest absolute Gasteiger partial charge is 0.497 e. The average molecular weight is 441 g/mol. The van der Waals surface area contributed by atoms with Crippen molar-refractivity contribution in [2.75, 3.05) is 14.2 Å². The second-order valence-electron chi connectivity index (χ2n) is 7.58. The molecule has 0 bridgehead atoms. The number of aromatic amines is 1. The van der Waals surface area contributed by atoms with Crippen LogP contribution in [-0.4, -0.2) is 39.2 Å². The number of fused-ring (bicyclic) bond motifs is 1. The van der Waals surface area contributed by atoms with Gasteiger partial charge in [0.1, 0.15) is 22.7 Å². The van der Waals surface area contributed by atoms with Crippen LogP contribution in [0.1, 0.15) is 5.56 Å². The van der Waals surface area contributed by atoms with E-state index in [1.165, 1.54) is 0 Å². The number of nitrogens with zero attached hydrogens (tertiary/aromatic N) is 2. The highest BCUT2D eigenvalue weighted by Crippen LogP contribution is 2.46. The minimum atomic E-state index is -0.0519. The first-order valence-electron chi connectivity index (χ1n) is 10.5. The summed E-state index contributed by atoms with van der Waals surface area (Å²) in [6.45, 7) is -0.0519. The van der Waals surface area contributed by atoms with E-state index in [-0.39, 0.29) is 12.5 Å². The van der Waals surface area contributed by atoms with Crippen LogP contribution in [0.3, 0.4) is 0 Å². The highest BCUT2D eigenvalue weighted by molar-refractivity contribution is 6.07. The fraction of sp³-hybridized carbons (Fsp3) is 0.115. The molecule has 7 nitrogen and oxygen atoms in total. The maximum absolute atomic E-state index is 11.3. The molecule has 0 radical (unpaired) electrons. The van der Waals surface area contributed by atoms with Crippen LogP contribution in [0.5, 0.6) is 17.4 Å². The molecule has 3 N–H and O–H groups in total. The molecule has 0 spiro atoms. The zero-order chi connectivity index (χ0) is 22.9. The fourth-order valence-corrected chi connectivity index (χ4v) is 4.12. The van der Waals surface area contributed by atoms with Crippen LogP contribution in [-0.2, 0) is 6.61 Å². The molecule has 2 heterocycles. The molecule has 5 rings (SSSR count). The molecule has 7 heteroatoms. The van der Waals surface area contributed by atoms with Gasteiger partial charge < -0.3 is 19.7 Å². The Hall–Kier alpha value is -4.23. The predicted octanol–water partition coefficient (Wildman–Crippen LogP) is 4.90. The Morgan fingerprint density at radius 2 is 1.64 bits per heavy atom. The Kier molecular flexibility index (Phi) is 5.24. The fourth-order valence-electron chi connectivity index (χ4n) is 4.12. The lowest BCUT2D eigenvalue weighted by Crippen LogP contribution is -1.99. The SMILES string of the molecule is COc1ccc(-c2n[nH]c3c(O)n(-c4ccc(CO)cc4)c(-c4ccccc4OC)c23)cc1. The molecule has 2 aromatic heterocycles. The molecule has 0 saturated carbocycles. The number of aliphatic hydroxyl groups excluding tert-OH is 1. The molecule has 0 fully saturated rings. The van der Waals surface area contributed by atoms with E-state index in [4.69, 9.17) is 9.47 Å². The van der Waals surface area contributed by atoms with Crippen molar-refractivity contribution in [3.63, 3.8) is 0 Å². The minimum Gasteiger partial charge on any atom is -0.497 e. The lowest BCUT2D eigenvalue weighted by atomic mass is 10.0. The van der Waals surface area contributed by atoms with Gasteiger partial charge in [0.25, 0.3) is 0 Å². The molecule has 0 aliphatic heterocycles. The summed E-state index contributed by atoms with van der Waals surface area (Å²) in [6, 6.07) is 22.7. The number of para-hydroxylation sites is 1. The van der Waals surface area contributed by atoms with Crippen molar-refractivity contribution in [2.45, 2.75) is 6.61 Å². The van der Waals surface area contributed by atoms with E-state index in [1.807, 2.05) is 72.8 Å². The number of ether oxygens (including phenoxy) is 2. The van der Waals surface area contributed by atoms with Gasteiger partial charge in [-0.05, 0) is 54.1 Å². The molecule has 0 amide bonds. The summed E-state index contributed by atoms with van der Waals surface area (Å²) in [5.74, 6) is 1.46. The molecule has 33 heavy (non-hydrogen) atoms. The number of aromatic nitrogens is 3. The quantitative estimate of drug-likeness (QED) is 0.348. The maximum atomic E-state index is 11.3. The summed E-state index contributed by atoms with van der Waals surface area (Å²) < 4.78 is 12.7. The molecule has 0 atom stereocenters. The first-order valence-corrected chi connectivity index (χ1v) is 10.5. The predicted molar refractivity (Wildman–Crippen MR) is 127 cm³/mol. The van der Waals surface area contributed by atoms with Crippen molar-refractivity contribution >= 4 is 10.9 Å². The van der Waals surface area contributed by atoms with Crippen molar-refractivity contribution in [1.82, 2.24) is 14.8 Å². The Morgan fingerprint density at radius 3 is 2.30 bits per heavy atom. The number of H-pyrrole nitrogens is 1. The van der Waals surface area contributed by atoms with Crippen molar-refractivity contribution in [3.05, 3.63) is 78.4 Å². The Morgan fingerprint density at radius 1 is 0.909 bits per heavy atom. The smallest absolute Gasteiger partial charge is 0.222 e. The zero-order valence-corrected chi connectivity index (χ0v) is 18.2. The Labute approximate surface area is 190 Å². The molecular formula is C26H23N3O4. The maximum Gasteiger partial charge on any atom is 0.222 e. The van der Waals surface area contributed by atoms with Gasteiger partial charge in [-0.1, -0.05) is 24.3 Å². The van der Waals surface area contributed by atoms with Crippen LogP contribution in [0.2, 0.25) is 0 Å². The summed E-state index contributed by atoms with van der Waals surface area (Å²) >= 11 is 0. The van der Waals surface area contributed by atoms with Gasteiger partial charge in [-0.3, -0.25) is 9.67 Å². The highest BCUT2D eigenvalue weighted by Gasteiger charge is 2.26. The van der Waals surface area contributed by atoms with Gasteiger partial charge in [0.05, 0.1) is 31.9 Å². The molecule has 166 valence electrons. The zero-order valence-electron chi connectivity index (χ0n) is 18.2. The summed E-state index contributed by atoms with van der Waals surface area (Å²) in [7, 11) is 3.25. The highest BCUT2D eigenvalue weighted by atomic mass is 16.5. The lowest BCUT2D eigenvalue weighted by molar-refractivity contribution is 0.282. The number of methoxy groups -OCH3 is 2. The van der Waals surface area contributed by atoms with E-state index >= 15 is 0 Å². The summed E-state index contributed by atoms with van der Waals surface area (Å²) in [6.07, 6.45) is 0. The van der Waals surface area contributed by atoms with Gasteiger partial charge in [-0.2, -0.15) is 5.10 Å². The molecule has 3 aromatic carbocycles. The van der Waals surface area contributed by atoms with E-state index in [0.29, 0.717) is 17.0 Å². The third kappa shape index (κ3) is 3.39. The van der Waals surface area contributed by atoms with Crippen LogP contribution < -0.4 is 9.47 Å². The van der Waals surface area contributed by atoms with Crippen LogP contribution in [0.15, 0.2) is 72.8 Å². The van der Waals surface area contributed by atoms with Gasteiger partial charge in [-0.25, -0.2) is 0 Å². The van der Waals surface area contributed by atoms with Gasteiger partial charge in [0, 0.05) is 16.8 Å². The number of hydrogen-bond donors (Lipinski definition) is 3. The van der Waals surface area contributed by atoms with E-state index in [0.717, 1.165) is 39.2 Å². The van der Waals surface area contributed by atoms with E-state index in [9.17, 15) is 10.2 Å². The summed E-state index contributed by atoms with van der Waals surface area (Å²) in [5, 5.41) is 29.1. The number of aliphatic hydroxyl groups is 1. The number of rotatable bonds is 6. The lowest BCUT2D eigenvalue weighted by Gasteiger charge is -2.15. The average Bonchev–Trinajstić information content (AvgIpc) is 3.43. The second kappa shape index (κ2) is 8.37. The first-order chi connectivity index (χ1) is 16.2. The van der Waals surface area contributed by atoms with Crippen LogP contribution in [0.4, 0.5) is 0 Å². The van der Waals surface area contributed by atoms with Crippen molar-refractivity contribution in [1.29, 1.82) is 0 Å². The van der Waals surface area contributed by atoms with E-state index < -0.39 is 0 Å². The second-order valence-corrected chi connectivity index (χ2v) is 7.58. The van der Waals surface area contributed by atoms with E-state index in [1.54, 1.807) is 18.8 Å². The van der Waals surface area contributed by atoms with Gasteiger partial charge >= 0.3 is 0 Å². The van der Waals surface area contributed by atoms with Crippen molar-refractivity contribution < 1.29 is 19.7 Å². The first kappa shape index (κ1) is 20.7. The number of benzene rings is 3. The van der Waals surface area contributed by atoms with Crippen LogP contribution in [0.25, 0.3) is 39.1 Å². The van der Waals surface area contributed by atoms with Crippen LogP contribution >= 0.6 is 0 Å². The molecule has 0 aliphatic carbocycles. The Balaban J connectivity index is 1.84.